The summed E-state index contributed by atoms with van der Waals surface area (Å²) in [7, 11) is 1.65. The maximum Gasteiger partial charge on any atom is 0.337 e. The van der Waals surface area contributed by atoms with E-state index in [0.29, 0.717) is 59.0 Å². The number of carbonyl (C=O) groups excluding carboxylic acids is 2. The van der Waals surface area contributed by atoms with Crippen LogP contribution in [0.25, 0.3) is 11.3 Å². The first-order chi connectivity index (χ1) is 19.6. The third-order valence-corrected chi connectivity index (χ3v) is 8.63. The van der Waals surface area contributed by atoms with Gasteiger partial charge >= 0.3 is 5.97 Å². The first-order valence-electron chi connectivity index (χ1n) is 13.5. The average molecular weight is 577 g/mol. The molecule has 0 spiro atoms. The zero-order valence-corrected chi connectivity index (χ0v) is 24.6. The minimum Gasteiger partial charge on any atom is -0.465 e. The fourth-order valence-corrected chi connectivity index (χ4v) is 6.24. The Kier molecular flexibility index (Phi) is 9.46. The summed E-state index contributed by atoms with van der Waals surface area (Å²) in [6, 6.07) is 21.6. The van der Waals surface area contributed by atoms with E-state index in [-0.39, 0.29) is 11.7 Å². The molecule has 0 unspecified atom stereocenters. The zero-order valence-electron chi connectivity index (χ0n) is 23.8. The van der Waals surface area contributed by atoms with E-state index in [1.807, 2.05) is 68.4 Å². The lowest BCUT2D eigenvalue weighted by atomic mass is 9.99. The minimum absolute atomic E-state index is 0.0907. The molecule has 1 heterocycles. The lowest BCUT2D eigenvalue weighted by Crippen LogP contribution is -2.38. The van der Waals surface area contributed by atoms with E-state index in [1.165, 1.54) is 11.4 Å². The predicted molar refractivity (Wildman–Crippen MR) is 164 cm³/mol. The molecular formula is C31H36N4O5S. The maximum atomic E-state index is 13.3. The number of nitrogens with zero attached hydrogens (tertiary/aromatic N) is 2. The van der Waals surface area contributed by atoms with Crippen LogP contribution >= 0.6 is 0 Å². The van der Waals surface area contributed by atoms with Gasteiger partial charge in [0.05, 0.1) is 41.1 Å². The van der Waals surface area contributed by atoms with Crippen LogP contribution in [0.4, 0.5) is 17.1 Å². The molecule has 10 heteroatoms. The smallest absolute Gasteiger partial charge is 0.337 e. The number of rotatable bonds is 12. The van der Waals surface area contributed by atoms with Crippen molar-refractivity contribution >= 4 is 50.2 Å². The normalized spacial score (nSPS) is 13.9. The number of hydrogen-bond donors (Lipinski definition) is 2. The van der Waals surface area contributed by atoms with E-state index in [4.69, 9.17) is 4.74 Å². The van der Waals surface area contributed by atoms with E-state index >= 15 is 0 Å². The van der Waals surface area contributed by atoms with Gasteiger partial charge in [0.15, 0.2) is 0 Å². The molecule has 0 aromatic heterocycles. The van der Waals surface area contributed by atoms with Crippen molar-refractivity contribution in [3.63, 3.8) is 0 Å². The van der Waals surface area contributed by atoms with Crippen molar-refractivity contribution in [1.82, 2.24) is 4.90 Å². The van der Waals surface area contributed by atoms with Crippen LogP contribution in [0, 0.1) is 0 Å². The molecule has 2 N–H and O–H groups in total. The monoisotopic (exact) mass is 576 g/mol. The van der Waals surface area contributed by atoms with Crippen LogP contribution < -0.4 is 14.9 Å². The standard InChI is InChI=1S/C31H36N4O5S/c1-5-6-20-41(38,39)35(19-18-34(2)3)25-15-13-24(14-16-25)32-29(22-10-8-7-9-11-22)28-26-17-12-23(31(37)40-4)21-27(26)33-30(28)36/h7-17,21,32H,5-6,18-20H2,1-4H3,(H,33,36). The van der Waals surface area contributed by atoms with Gasteiger partial charge in [0, 0.05) is 24.3 Å². The number of carbonyl (C=O) groups is 2. The third-order valence-electron chi connectivity index (χ3n) is 6.76. The van der Waals surface area contributed by atoms with Gasteiger partial charge in [-0.1, -0.05) is 49.7 Å². The van der Waals surface area contributed by atoms with E-state index in [1.54, 1.807) is 30.3 Å². The van der Waals surface area contributed by atoms with Gasteiger partial charge < -0.3 is 20.3 Å². The molecule has 1 amide bonds. The molecule has 0 saturated heterocycles. The molecule has 0 fully saturated rings. The van der Waals surface area contributed by atoms with E-state index in [9.17, 15) is 18.0 Å². The molecule has 0 aliphatic carbocycles. The number of unbranched alkanes of at least 4 members (excludes halogenated alkanes) is 1. The zero-order chi connectivity index (χ0) is 29.6. The Labute approximate surface area is 241 Å². The number of ether oxygens (including phenoxy) is 1. The number of methoxy groups -OCH3 is 1. The van der Waals surface area contributed by atoms with Crippen molar-refractivity contribution in [2.75, 3.05) is 55.0 Å². The fourth-order valence-electron chi connectivity index (χ4n) is 4.56. The second kappa shape index (κ2) is 13.0. The Bertz CT molecular complexity index is 1530. The summed E-state index contributed by atoms with van der Waals surface area (Å²) in [5.74, 6) is -0.702. The summed E-state index contributed by atoms with van der Waals surface area (Å²) in [6.45, 7) is 2.90. The largest absolute Gasteiger partial charge is 0.465 e. The molecule has 0 bridgehead atoms. The Morgan fingerprint density at radius 3 is 2.29 bits per heavy atom. The van der Waals surface area contributed by atoms with Crippen molar-refractivity contribution < 1.29 is 22.7 Å². The number of nitrogens with one attached hydrogen (secondary N) is 2. The molecule has 0 saturated carbocycles. The Balaban J connectivity index is 1.72. The van der Waals surface area contributed by atoms with E-state index in [2.05, 4.69) is 10.6 Å². The number of sulfonamides is 1. The quantitative estimate of drug-likeness (QED) is 0.233. The van der Waals surface area contributed by atoms with Crippen LogP contribution in [0.3, 0.4) is 0 Å². The molecule has 4 rings (SSSR count). The molecule has 3 aromatic rings. The van der Waals surface area contributed by atoms with Crippen LogP contribution in [0.1, 0.15) is 41.3 Å². The summed E-state index contributed by atoms with van der Waals surface area (Å²) in [4.78, 5) is 27.2. The molecule has 1 aliphatic heterocycles. The lowest BCUT2D eigenvalue weighted by Gasteiger charge is -2.26. The maximum absolute atomic E-state index is 13.3. The molecule has 0 radical (unpaired) electrons. The van der Waals surface area contributed by atoms with Gasteiger partial charge in [-0.05, 0) is 62.5 Å². The van der Waals surface area contributed by atoms with Crippen LogP contribution in [-0.4, -0.2) is 65.2 Å². The Morgan fingerprint density at radius 2 is 1.66 bits per heavy atom. The van der Waals surface area contributed by atoms with Crippen LogP contribution in [0.5, 0.6) is 0 Å². The van der Waals surface area contributed by atoms with Crippen LogP contribution in [0.2, 0.25) is 0 Å². The summed E-state index contributed by atoms with van der Waals surface area (Å²) in [5.41, 5.74) is 4.59. The third kappa shape index (κ3) is 6.96. The summed E-state index contributed by atoms with van der Waals surface area (Å²) in [6.07, 6.45) is 1.39. The van der Waals surface area contributed by atoms with Gasteiger partial charge in [-0.2, -0.15) is 0 Å². The summed E-state index contributed by atoms with van der Waals surface area (Å²) in [5, 5.41) is 6.26. The average Bonchev–Trinajstić information content (AvgIpc) is 3.30. The summed E-state index contributed by atoms with van der Waals surface area (Å²) >= 11 is 0. The Morgan fingerprint density at radius 1 is 0.951 bits per heavy atom. The topological polar surface area (TPSA) is 108 Å². The minimum atomic E-state index is -3.49. The number of amides is 1. The van der Waals surface area contributed by atoms with Crippen molar-refractivity contribution in [3.05, 3.63) is 89.5 Å². The van der Waals surface area contributed by atoms with Gasteiger partial charge in [-0.25, -0.2) is 13.2 Å². The predicted octanol–water partition coefficient (Wildman–Crippen LogP) is 4.90. The van der Waals surface area contributed by atoms with Crippen molar-refractivity contribution in [3.8, 4) is 0 Å². The molecule has 0 atom stereocenters. The van der Waals surface area contributed by atoms with Gasteiger partial charge in [-0.3, -0.25) is 9.10 Å². The van der Waals surface area contributed by atoms with Gasteiger partial charge in [0.2, 0.25) is 10.0 Å². The molecule has 3 aromatic carbocycles. The number of anilines is 3. The number of esters is 1. The van der Waals surface area contributed by atoms with Crippen molar-refractivity contribution in [1.29, 1.82) is 0 Å². The van der Waals surface area contributed by atoms with E-state index in [0.717, 1.165) is 12.0 Å². The molecule has 9 nitrogen and oxygen atoms in total. The number of hydrogen-bond acceptors (Lipinski definition) is 7. The van der Waals surface area contributed by atoms with E-state index < -0.39 is 16.0 Å². The molecular weight excluding hydrogens is 540 g/mol. The second-order valence-electron chi connectivity index (χ2n) is 10.0. The highest BCUT2D eigenvalue weighted by Gasteiger charge is 2.29. The van der Waals surface area contributed by atoms with Gasteiger partial charge in [0.1, 0.15) is 0 Å². The highest BCUT2D eigenvalue weighted by molar-refractivity contribution is 7.92. The highest BCUT2D eigenvalue weighted by atomic mass is 32.2. The van der Waals surface area contributed by atoms with Gasteiger partial charge in [-0.15, -0.1) is 0 Å². The van der Waals surface area contributed by atoms with Crippen LogP contribution in [-0.2, 0) is 19.6 Å². The molecule has 41 heavy (non-hydrogen) atoms. The highest BCUT2D eigenvalue weighted by Crippen LogP contribution is 2.38. The Hall–Kier alpha value is -4.15. The SMILES string of the molecule is CCCCS(=O)(=O)N(CCN(C)C)c1ccc(NC(=C2C(=O)Nc3cc(C(=O)OC)ccc32)c2ccccc2)cc1. The lowest BCUT2D eigenvalue weighted by molar-refractivity contribution is -0.110. The number of fused-ring (bicyclic) bond motifs is 1. The van der Waals surface area contributed by atoms with Gasteiger partial charge in [0.25, 0.3) is 5.91 Å². The summed E-state index contributed by atoms with van der Waals surface area (Å²) < 4.78 is 32.6. The second-order valence-corrected chi connectivity index (χ2v) is 12.1. The first-order valence-corrected chi connectivity index (χ1v) is 15.1. The van der Waals surface area contributed by atoms with Crippen molar-refractivity contribution in [2.24, 2.45) is 0 Å². The number of likely N-dealkylation sites (N-methyl/N-ethyl adjacent to an activating group) is 1. The molecule has 1 aliphatic rings. The first kappa shape index (κ1) is 29.8. The van der Waals surface area contributed by atoms with Crippen molar-refractivity contribution in [2.45, 2.75) is 19.8 Å². The van der Waals surface area contributed by atoms with Crippen LogP contribution in [0.15, 0.2) is 72.8 Å². The fraction of sp³-hybridized carbons (Fsp3) is 0.290. The number of benzene rings is 3. The molecule has 216 valence electrons.